The summed E-state index contributed by atoms with van der Waals surface area (Å²) in [5.74, 6) is 1.79. The van der Waals surface area contributed by atoms with Crippen LogP contribution in [-0.2, 0) is 16.6 Å². The van der Waals surface area contributed by atoms with Gasteiger partial charge in [-0.15, -0.1) is 0 Å². The molecule has 130 valence electrons. The summed E-state index contributed by atoms with van der Waals surface area (Å²) in [5, 5.41) is 0.430. The zero-order chi connectivity index (χ0) is 17.3. The molecule has 0 radical (unpaired) electrons. The normalized spacial score (nSPS) is 11.4. The number of nitrogens with one attached hydrogen (secondary N) is 1. The molecule has 6 nitrogen and oxygen atoms in total. The smallest absolute Gasteiger partial charge is 1.00 e. The summed E-state index contributed by atoms with van der Waals surface area (Å²) in [7, 11) is 1.91. The molecule has 0 aliphatic carbocycles. The van der Waals surface area contributed by atoms with Crippen LogP contribution in [0.2, 0.25) is 0 Å². The molecule has 2 heterocycles. The van der Waals surface area contributed by atoms with Crippen molar-refractivity contribution in [1.82, 2.24) is 15.0 Å². The standard InChI is InChI=1S/C17H19N3O3S.2Na.2H/c1-10-8-18-15(11(2)16(10)23-4)9-24(21)17-19-13-6-5-12(22-3)7-14(13)20-17;;;;/h5-8H,9H2,1-4H3,(H,19,20);;;;/q;2*+1;2*-1. The number of rotatable bonds is 5. The Labute approximate surface area is 202 Å². The van der Waals surface area contributed by atoms with Gasteiger partial charge in [-0.25, -0.2) is 4.98 Å². The number of hydrogen-bond donors (Lipinski definition) is 1. The molecular formula is C17H21N3Na2O3S. The molecule has 26 heavy (non-hydrogen) atoms. The number of H-pyrrole nitrogens is 1. The van der Waals surface area contributed by atoms with Gasteiger partial charge in [-0.05, 0) is 26.0 Å². The van der Waals surface area contributed by atoms with E-state index in [1.807, 2.05) is 32.0 Å². The summed E-state index contributed by atoms with van der Waals surface area (Å²) in [4.78, 5) is 11.9. The number of pyridine rings is 1. The Bertz CT molecular complexity index is 941. The Morgan fingerprint density at radius 1 is 1.19 bits per heavy atom. The molecule has 1 atom stereocenters. The van der Waals surface area contributed by atoms with Gasteiger partial charge in [-0.2, -0.15) is 0 Å². The Morgan fingerprint density at radius 3 is 2.58 bits per heavy atom. The van der Waals surface area contributed by atoms with Crippen LogP contribution >= 0.6 is 0 Å². The molecule has 0 aliphatic rings. The van der Waals surface area contributed by atoms with Crippen LogP contribution in [0.25, 0.3) is 11.0 Å². The Kier molecular flexibility index (Phi) is 9.29. The summed E-state index contributed by atoms with van der Waals surface area (Å²) >= 11 is 0. The number of hydrogen-bond acceptors (Lipinski definition) is 5. The molecule has 0 saturated carbocycles. The van der Waals surface area contributed by atoms with Crippen LogP contribution in [0.3, 0.4) is 0 Å². The minimum absolute atomic E-state index is 0. The molecule has 0 fully saturated rings. The van der Waals surface area contributed by atoms with Crippen molar-refractivity contribution in [1.29, 1.82) is 0 Å². The monoisotopic (exact) mass is 393 g/mol. The van der Waals surface area contributed by atoms with E-state index in [0.29, 0.717) is 5.16 Å². The summed E-state index contributed by atoms with van der Waals surface area (Å²) in [5.41, 5.74) is 4.16. The van der Waals surface area contributed by atoms with Gasteiger partial charge in [-0.1, -0.05) is 0 Å². The van der Waals surface area contributed by atoms with Gasteiger partial charge in [0, 0.05) is 23.4 Å². The average molecular weight is 393 g/mol. The van der Waals surface area contributed by atoms with Gasteiger partial charge < -0.3 is 17.3 Å². The van der Waals surface area contributed by atoms with Gasteiger partial charge >= 0.3 is 59.1 Å². The molecule has 3 rings (SSSR count). The van der Waals surface area contributed by atoms with Crippen LogP contribution in [0.5, 0.6) is 11.5 Å². The van der Waals surface area contributed by atoms with E-state index in [2.05, 4.69) is 15.0 Å². The Morgan fingerprint density at radius 2 is 1.92 bits per heavy atom. The van der Waals surface area contributed by atoms with Crippen molar-refractivity contribution in [2.75, 3.05) is 14.2 Å². The molecule has 0 saturated heterocycles. The van der Waals surface area contributed by atoms with E-state index in [4.69, 9.17) is 9.47 Å². The minimum atomic E-state index is -1.33. The molecular weight excluding hydrogens is 372 g/mol. The fraction of sp³-hybridized carbons (Fsp3) is 0.294. The van der Waals surface area contributed by atoms with Gasteiger partial charge in [0.1, 0.15) is 11.5 Å². The van der Waals surface area contributed by atoms with Gasteiger partial charge in [0.05, 0.1) is 47.5 Å². The number of nitrogens with zero attached hydrogens (tertiary/aromatic N) is 2. The number of benzene rings is 1. The molecule has 9 heteroatoms. The van der Waals surface area contributed by atoms with Crippen LogP contribution in [0, 0.1) is 13.8 Å². The second-order valence-corrected chi connectivity index (χ2v) is 6.83. The summed E-state index contributed by atoms with van der Waals surface area (Å²) in [6.45, 7) is 3.86. The summed E-state index contributed by atoms with van der Waals surface area (Å²) < 4.78 is 23.3. The minimum Gasteiger partial charge on any atom is -1.00 e. The molecule has 0 amide bonds. The molecule has 0 bridgehead atoms. The van der Waals surface area contributed by atoms with Crippen LogP contribution in [0.15, 0.2) is 29.6 Å². The average Bonchev–Trinajstić information content (AvgIpc) is 3.01. The van der Waals surface area contributed by atoms with E-state index < -0.39 is 10.8 Å². The van der Waals surface area contributed by atoms with Crippen molar-refractivity contribution in [3.05, 3.63) is 41.2 Å². The van der Waals surface area contributed by atoms with E-state index in [0.717, 1.165) is 39.4 Å². The van der Waals surface area contributed by atoms with Crippen molar-refractivity contribution in [3.8, 4) is 11.5 Å². The van der Waals surface area contributed by atoms with Crippen molar-refractivity contribution >= 4 is 21.8 Å². The fourth-order valence-electron chi connectivity index (χ4n) is 2.61. The number of aromatic nitrogens is 3. The van der Waals surface area contributed by atoms with Crippen molar-refractivity contribution in [2.45, 2.75) is 24.8 Å². The predicted octanol–water partition coefficient (Wildman–Crippen LogP) is -2.87. The van der Waals surface area contributed by atoms with Crippen LogP contribution < -0.4 is 68.6 Å². The van der Waals surface area contributed by atoms with E-state index in [-0.39, 0.29) is 67.7 Å². The number of aryl methyl sites for hydroxylation is 1. The molecule has 1 aromatic carbocycles. The Balaban J connectivity index is 0. The van der Waals surface area contributed by atoms with E-state index in [1.54, 1.807) is 20.4 Å². The molecule has 3 aromatic rings. The van der Waals surface area contributed by atoms with Gasteiger partial charge in [-0.3, -0.25) is 9.19 Å². The molecule has 1 unspecified atom stereocenters. The van der Waals surface area contributed by atoms with Crippen molar-refractivity contribution in [2.24, 2.45) is 0 Å². The first-order valence-electron chi connectivity index (χ1n) is 7.44. The first-order valence-corrected chi connectivity index (χ1v) is 8.76. The first kappa shape index (κ1) is 23.6. The maximum Gasteiger partial charge on any atom is 1.00 e. The van der Waals surface area contributed by atoms with Crippen molar-refractivity contribution < 1.29 is 75.7 Å². The third-order valence-corrected chi connectivity index (χ3v) is 5.06. The maximum atomic E-state index is 12.7. The Hall–Kier alpha value is -0.410. The number of fused-ring (bicyclic) bond motifs is 1. The third-order valence-electron chi connectivity index (χ3n) is 3.90. The van der Waals surface area contributed by atoms with Gasteiger partial charge in [0.2, 0.25) is 0 Å². The second kappa shape index (κ2) is 10.2. The largest absolute Gasteiger partial charge is 1.00 e. The topological polar surface area (TPSA) is 77.1 Å². The quantitative estimate of drug-likeness (QED) is 0.472. The van der Waals surface area contributed by atoms with Crippen LogP contribution in [0.4, 0.5) is 0 Å². The van der Waals surface area contributed by atoms with Gasteiger partial charge in [0.25, 0.3) is 0 Å². The predicted molar refractivity (Wildman–Crippen MR) is 95.2 cm³/mol. The van der Waals surface area contributed by atoms with E-state index >= 15 is 0 Å². The molecule has 2 aromatic heterocycles. The van der Waals surface area contributed by atoms with E-state index in [1.165, 1.54) is 0 Å². The maximum absolute atomic E-state index is 12.7. The van der Waals surface area contributed by atoms with Gasteiger partial charge in [0.15, 0.2) is 5.16 Å². The van der Waals surface area contributed by atoms with E-state index in [9.17, 15) is 4.21 Å². The number of aromatic amines is 1. The number of ether oxygens (including phenoxy) is 2. The molecule has 0 spiro atoms. The van der Waals surface area contributed by atoms with Crippen LogP contribution in [0.1, 0.15) is 19.7 Å². The third kappa shape index (κ3) is 4.90. The molecule has 1 N–H and O–H groups in total. The second-order valence-electron chi connectivity index (χ2n) is 5.46. The summed E-state index contributed by atoms with van der Waals surface area (Å²) in [6.07, 6.45) is 1.74. The van der Waals surface area contributed by atoms with Crippen molar-refractivity contribution in [3.63, 3.8) is 0 Å². The number of methoxy groups -OCH3 is 2. The van der Waals surface area contributed by atoms with Crippen LogP contribution in [-0.4, -0.2) is 33.4 Å². The summed E-state index contributed by atoms with van der Waals surface area (Å²) in [6, 6.07) is 5.50. The number of imidazole rings is 1. The molecule has 0 aliphatic heterocycles. The zero-order valence-electron chi connectivity index (χ0n) is 18.0. The fourth-order valence-corrected chi connectivity index (χ4v) is 3.71. The first-order chi connectivity index (χ1) is 11.5. The SMILES string of the molecule is COc1ccc2nc(S(=O)Cc3ncc(C)c(OC)c3C)[nH]c2c1.[H-].[H-].[Na+].[Na+]. The zero-order valence-corrected chi connectivity index (χ0v) is 20.9.